The topological polar surface area (TPSA) is 75.6 Å². The van der Waals surface area contributed by atoms with Crippen LogP contribution in [-0.4, -0.2) is 22.8 Å². The van der Waals surface area contributed by atoms with Crippen molar-refractivity contribution in [2.45, 2.75) is 26.4 Å². The number of halogens is 2. The molecular weight excluding hydrogens is 476 g/mol. The lowest BCUT2D eigenvalue weighted by atomic mass is 10.2. The van der Waals surface area contributed by atoms with Crippen LogP contribution >= 0.6 is 45.2 Å². The maximum absolute atomic E-state index is 11.6. The first-order valence-corrected chi connectivity index (χ1v) is 7.48. The number of carbonyl (C=O) groups is 2. The van der Waals surface area contributed by atoms with E-state index in [-0.39, 0.29) is 5.56 Å². The number of carboxylic acid groups (broad SMARTS) is 1. The number of hydrogen-bond donors (Lipinski definition) is 2. The summed E-state index contributed by atoms with van der Waals surface area (Å²) in [7, 11) is 0. The lowest BCUT2D eigenvalue weighted by Crippen LogP contribution is -2.27. The lowest BCUT2D eigenvalue weighted by molar-refractivity contribution is 0.0634. The van der Waals surface area contributed by atoms with Crippen LogP contribution in [-0.2, 0) is 4.74 Å². The Morgan fingerprint density at radius 2 is 1.68 bits per heavy atom. The van der Waals surface area contributed by atoms with Crippen molar-refractivity contribution >= 4 is 62.9 Å². The predicted octanol–water partition coefficient (Wildman–Crippen LogP) is 3.94. The zero-order chi connectivity index (χ0) is 14.8. The fourth-order valence-electron chi connectivity index (χ4n) is 1.27. The summed E-state index contributed by atoms with van der Waals surface area (Å²) in [5.74, 6) is -0.988. The standard InChI is InChI=1S/C12H13I2NO4/c1-12(2,3)19-11(18)15-6-4-7(13)9(10(16)17)8(14)5-6/h4-5H,1-3H3,(H,15,18)(H,16,17). The number of amides is 1. The molecule has 1 rings (SSSR count). The van der Waals surface area contributed by atoms with Crippen LogP contribution in [0.4, 0.5) is 10.5 Å². The summed E-state index contributed by atoms with van der Waals surface area (Å²) in [6.45, 7) is 5.31. The van der Waals surface area contributed by atoms with Crippen molar-refractivity contribution in [3.05, 3.63) is 24.8 Å². The van der Waals surface area contributed by atoms with Crippen LogP contribution in [0.2, 0.25) is 0 Å². The number of aromatic carboxylic acids is 1. The van der Waals surface area contributed by atoms with Crippen molar-refractivity contribution in [1.29, 1.82) is 0 Å². The third-order valence-electron chi connectivity index (χ3n) is 1.90. The summed E-state index contributed by atoms with van der Waals surface area (Å²) in [5, 5.41) is 11.6. The minimum Gasteiger partial charge on any atom is -0.478 e. The fourth-order valence-corrected chi connectivity index (χ4v) is 3.50. The van der Waals surface area contributed by atoms with Gasteiger partial charge in [-0.05, 0) is 78.1 Å². The van der Waals surface area contributed by atoms with Gasteiger partial charge in [-0.2, -0.15) is 0 Å². The van der Waals surface area contributed by atoms with Crippen LogP contribution < -0.4 is 5.32 Å². The highest BCUT2D eigenvalue weighted by atomic mass is 127. The average molecular weight is 489 g/mol. The van der Waals surface area contributed by atoms with E-state index in [0.29, 0.717) is 12.8 Å². The number of rotatable bonds is 2. The van der Waals surface area contributed by atoms with Crippen LogP contribution in [0.5, 0.6) is 0 Å². The predicted molar refractivity (Wildman–Crippen MR) is 88.7 cm³/mol. The monoisotopic (exact) mass is 489 g/mol. The van der Waals surface area contributed by atoms with Gasteiger partial charge in [0, 0.05) is 12.8 Å². The molecule has 0 heterocycles. The molecule has 0 radical (unpaired) electrons. The van der Waals surface area contributed by atoms with E-state index in [1.807, 2.05) is 45.2 Å². The summed E-state index contributed by atoms with van der Waals surface area (Å²) in [4.78, 5) is 22.7. The molecule has 1 amide bonds. The molecule has 0 aliphatic rings. The smallest absolute Gasteiger partial charge is 0.412 e. The molecule has 0 bridgehead atoms. The SMILES string of the molecule is CC(C)(C)OC(=O)Nc1cc(I)c(C(=O)O)c(I)c1. The maximum atomic E-state index is 11.6. The summed E-state index contributed by atoms with van der Waals surface area (Å²) < 4.78 is 6.24. The number of hydrogen-bond acceptors (Lipinski definition) is 3. The molecule has 1 aromatic carbocycles. The van der Waals surface area contributed by atoms with Gasteiger partial charge in [-0.15, -0.1) is 0 Å². The number of carboxylic acids is 1. The minimum absolute atomic E-state index is 0.232. The van der Waals surface area contributed by atoms with Crippen LogP contribution in [0.15, 0.2) is 12.1 Å². The van der Waals surface area contributed by atoms with E-state index >= 15 is 0 Å². The van der Waals surface area contributed by atoms with Crippen molar-refractivity contribution in [3.63, 3.8) is 0 Å². The largest absolute Gasteiger partial charge is 0.478 e. The molecule has 0 fully saturated rings. The van der Waals surface area contributed by atoms with E-state index in [0.717, 1.165) is 0 Å². The summed E-state index contributed by atoms with van der Waals surface area (Å²) >= 11 is 3.85. The van der Waals surface area contributed by atoms with Gasteiger partial charge in [0.1, 0.15) is 5.60 Å². The second kappa shape index (κ2) is 6.25. The van der Waals surface area contributed by atoms with Crippen LogP contribution in [0.3, 0.4) is 0 Å². The van der Waals surface area contributed by atoms with Crippen molar-refractivity contribution in [3.8, 4) is 0 Å². The van der Waals surface area contributed by atoms with E-state index in [2.05, 4.69) is 5.32 Å². The molecule has 0 aliphatic heterocycles. The highest BCUT2D eigenvalue weighted by Gasteiger charge is 2.18. The second-order valence-electron chi connectivity index (χ2n) is 4.75. The molecule has 0 saturated carbocycles. The van der Waals surface area contributed by atoms with Gasteiger partial charge in [-0.1, -0.05) is 0 Å². The van der Waals surface area contributed by atoms with Gasteiger partial charge in [-0.25, -0.2) is 9.59 Å². The van der Waals surface area contributed by atoms with E-state index in [1.54, 1.807) is 32.9 Å². The van der Waals surface area contributed by atoms with E-state index in [9.17, 15) is 9.59 Å². The first kappa shape index (κ1) is 16.5. The molecule has 0 aliphatic carbocycles. The molecule has 0 spiro atoms. The molecular formula is C12H13I2NO4. The number of carbonyl (C=O) groups excluding carboxylic acids is 1. The summed E-state index contributed by atoms with van der Waals surface area (Å²) in [6.07, 6.45) is -0.567. The summed E-state index contributed by atoms with van der Waals surface area (Å²) in [5.41, 5.74) is 0.162. The average Bonchev–Trinajstić information content (AvgIpc) is 2.10. The Hall–Kier alpha value is -0.580. The highest BCUT2D eigenvalue weighted by molar-refractivity contribution is 14.1. The molecule has 0 unspecified atom stereocenters. The van der Waals surface area contributed by atoms with Crippen LogP contribution in [0, 0.1) is 7.14 Å². The number of nitrogens with one attached hydrogen (secondary N) is 1. The molecule has 0 saturated heterocycles. The highest BCUT2D eigenvalue weighted by Crippen LogP contribution is 2.24. The molecule has 1 aromatic rings. The quantitative estimate of drug-likeness (QED) is 0.618. The van der Waals surface area contributed by atoms with Gasteiger partial charge in [-0.3, -0.25) is 5.32 Å². The van der Waals surface area contributed by atoms with E-state index in [4.69, 9.17) is 9.84 Å². The van der Waals surface area contributed by atoms with Crippen molar-refractivity contribution in [2.75, 3.05) is 5.32 Å². The Morgan fingerprint density at radius 1 is 1.21 bits per heavy atom. The molecule has 0 atom stereocenters. The first-order valence-electron chi connectivity index (χ1n) is 5.32. The Labute approximate surface area is 138 Å². The van der Waals surface area contributed by atoms with Gasteiger partial charge >= 0.3 is 12.1 Å². The Balaban J connectivity index is 2.93. The molecule has 104 valence electrons. The van der Waals surface area contributed by atoms with Gasteiger partial charge in [0.25, 0.3) is 0 Å². The Morgan fingerprint density at radius 3 is 2.05 bits per heavy atom. The normalized spacial score (nSPS) is 11.0. The van der Waals surface area contributed by atoms with Gasteiger partial charge in [0.15, 0.2) is 0 Å². The van der Waals surface area contributed by atoms with Crippen molar-refractivity contribution < 1.29 is 19.4 Å². The molecule has 0 aromatic heterocycles. The van der Waals surface area contributed by atoms with Crippen LogP contribution in [0.1, 0.15) is 31.1 Å². The molecule has 2 N–H and O–H groups in total. The Kier molecular flexibility index (Phi) is 5.42. The zero-order valence-corrected chi connectivity index (χ0v) is 14.9. The minimum atomic E-state index is -0.988. The number of benzene rings is 1. The third-order valence-corrected chi connectivity index (χ3v) is 3.60. The number of anilines is 1. The zero-order valence-electron chi connectivity index (χ0n) is 10.6. The van der Waals surface area contributed by atoms with Gasteiger partial charge < -0.3 is 9.84 Å². The van der Waals surface area contributed by atoms with Crippen molar-refractivity contribution in [1.82, 2.24) is 0 Å². The fraction of sp³-hybridized carbons (Fsp3) is 0.333. The number of ether oxygens (including phenoxy) is 1. The van der Waals surface area contributed by atoms with E-state index < -0.39 is 17.7 Å². The molecule has 19 heavy (non-hydrogen) atoms. The van der Waals surface area contributed by atoms with Gasteiger partial charge in [0.2, 0.25) is 0 Å². The molecule has 7 heteroatoms. The van der Waals surface area contributed by atoms with Gasteiger partial charge in [0.05, 0.1) is 5.56 Å². The van der Waals surface area contributed by atoms with Crippen molar-refractivity contribution in [2.24, 2.45) is 0 Å². The maximum Gasteiger partial charge on any atom is 0.412 e. The summed E-state index contributed by atoms with van der Waals surface area (Å²) in [6, 6.07) is 3.19. The second-order valence-corrected chi connectivity index (χ2v) is 7.07. The third kappa shape index (κ3) is 5.13. The van der Waals surface area contributed by atoms with E-state index in [1.165, 1.54) is 0 Å². The Bertz CT molecular complexity index is 500. The first-order chi connectivity index (χ1) is 8.60. The lowest BCUT2D eigenvalue weighted by Gasteiger charge is -2.20. The molecule has 5 nitrogen and oxygen atoms in total. The van der Waals surface area contributed by atoms with Crippen LogP contribution in [0.25, 0.3) is 0 Å².